The maximum atomic E-state index is 12.5. The van der Waals surface area contributed by atoms with Crippen molar-refractivity contribution in [1.29, 1.82) is 0 Å². The number of hydrogen-bond donors (Lipinski definition) is 2. The molecule has 168 valence electrons. The molecule has 2 N–H and O–H groups in total. The van der Waals surface area contributed by atoms with Gasteiger partial charge in [-0.3, -0.25) is 9.59 Å². The van der Waals surface area contributed by atoms with Gasteiger partial charge in [-0.25, -0.2) is 9.59 Å². The summed E-state index contributed by atoms with van der Waals surface area (Å²) in [7, 11) is 0. The smallest absolute Gasteiger partial charge is 0.355 e. The highest BCUT2D eigenvalue weighted by Gasteiger charge is 2.28. The van der Waals surface area contributed by atoms with Gasteiger partial charge in [-0.05, 0) is 43.4 Å². The first-order chi connectivity index (χ1) is 15.4. The Hall–Kier alpha value is -3.46. The van der Waals surface area contributed by atoms with Crippen LogP contribution in [0.4, 0.5) is 5.00 Å². The predicted octanol–water partition coefficient (Wildman–Crippen LogP) is 3.07. The maximum absolute atomic E-state index is 12.5. The van der Waals surface area contributed by atoms with E-state index in [2.05, 4.69) is 10.6 Å². The van der Waals surface area contributed by atoms with E-state index in [4.69, 9.17) is 9.47 Å². The summed E-state index contributed by atoms with van der Waals surface area (Å²) in [5, 5.41) is 5.48. The van der Waals surface area contributed by atoms with Crippen molar-refractivity contribution < 1.29 is 28.7 Å². The van der Waals surface area contributed by atoms with E-state index < -0.39 is 30.4 Å². The molecule has 1 aliphatic carbocycles. The van der Waals surface area contributed by atoms with Gasteiger partial charge in [0.05, 0.1) is 12.2 Å². The normalized spacial score (nSPS) is 12.6. The van der Waals surface area contributed by atoms with Crippen molar-refractivity contribution in [2.45, 2.75) is 33.1 Å². The Bertz CT molecular complexity index is 1060. The molecule has 1 aliphatic rings. The van der Waals surface area contributed by atoms with E-state index in [1.165, 1.54) is 24.3 Å². The maximum Gasteiger partial charge on any atom is 0.355 e. The highest BCUT2D eigenvalue weighted by molar-refractivity contribution is 7.17. The second kappa shape index (κ2) is 10.7. The molecule has 2 amide bonds. The second-order valence-corrected chi connectivity index (χ2v) is 8.16. The monoisotopic (exact) mass is 456 g/mol. The molecule has 1 aromatic carbocycles. The average molecular weight is 457 g/mol. The van der Waals surface area contributed by atoms with Crippen LogP contribution in [0.1, 0.15) is 46.6 Å². The lowest BCUT2D eigenvalue weighted by atomic mass is 10.1. The molecule has 8 nitrogen and oxygen atoms in total. The lowest BCUT2D eigenvalue weighted by Gasteiger charge is -2.10. The van der Waals surface area contributed by atoms with E-state index in [1.54, 1.807) is 31.2 Å². The van der Waals surface area contributed by atoms with Crippen LogP contribution in [0.25, 0.3) is 6.08 Å². The van der Waals surface area contributed by atoms with Gasteiger partial charge in [0.25, 0.3) is 5.91 Å². The molecule has 0 atom stereocenters. The van der Waals surface area contributed by atoms with Gasteiger partial charge < -0.3 is 20.1 Å². The average Bonchev–Trinajstić information content (AvgIpc) is 3.33. The summed E-state index contributed by atoms with van der Waals surface area (Å²) in [6, 6.07) is 8.91. The Morgan fingerprint density at radius 2 is 1.84 bits per heavy atom. The third kappa shape index (κ3) is 5.82. The summed E-state index contributed by atoms with van der Waals surface area (Å²) >= 11 is 1.34. The van der Waals surface area contributed by atoms with Gasteiger partial charge in [0, 0.05) is 11.8 Å². The summed E-state index contributed by atoms with van der Waals surface area (Å²) in [4.78, 5) is 49.8. The molecule has 9 heteroatoms. The van der Waals surface area contributed by atoms with Crippen molar-refractivity contribution in [3.63, 3.8) is 0 Å². The molecule has 32 heavy (non-hydrogen) atoms. The van der Waals surface area contributed by atoms with Crippen LogP contribution in [0.2, 0.25) is 0 Å². The van der Waals surface area contributed by atoms with E-state index >= 15 is 0 Å². The number of rotatable bonds is 8. The minimum atomic E-state index is -0.849. The molecule has 0 radical (unpaired) electrons. The number of carbonyl (C=O) groups is 4. The van der Waals surface area contributed by atoms with E-state index in [0.717, 1.165) is 29.7 Å². The zero-order valence-electron chi connectivity index (χ0n) is 17.9. The zero-order chi connectivity index (χ0) is 23.1. The number of ether oxygens (including phenoxy) is 2. The summed E-state index contributed by atoms with van der Waals surface area (Å²) in [6.45, 7) is 2.65. The third-order valence-corrected chi connectivity index (χ3v) is 5.84. The van der Waals surface area contributed by atoms with E-state index in [0.29, 0.717) is 16.1 Å². The number of esters is 2. The lowest BCUT2D eigenvalue weighted by Crippen LogP contribution is -2.29. The molecule has 2 aromatic rings. The molecule has 1 heterocycles. The predicted molar refractivity (Wildman–Crippen MR) is 120 cm³/mol. The van der Waals surface area contributed by atoms with Gasteiger partial charge in [0.15, 0.2) is 6.61 Å². The van der Waals surface area contributed by atoms with Crippen LogP contribution in [0.3, 0.4) is 0 Å². The molecule has 0 unspecified atom stereocenters. The second-order valence-electron chi connectivity index (χ2n) is 7.06. The van der Waals surface area contributed by atoms with Gasteiger partial charge in [-0.2, -0.15) is 0 Å². The molecular weight excluding hydrogens is 432 g/mol. The Morgan fingerprint density at radius 1 is 1.09 bits per heavy atom. The fourth-order valence-corrected chi connectivity index (χ4v) is 4.63. The molecule has 0 fully saturated rings. The molecule has 1 aromatic heterocycles. The van der Waals surface area contributed by atoms with Crippen LogP contribution >= 0.6 is 11.3 Å². The molecule has 0 aliphatic heterocycles. The quantitative estimate of drug-likeness (QED) is 0.467. The van der Waals surface area contributed by atoms with Crippen LogP contribution in [0.5, 0.6) is 0 Å². The number of anilines is 1. The Labute approximate surface area is 189 Å². The van der Waals surface area contributed by atoms with Crippen LogP contribution < -0.4 is 10.6 Å². The largest absolute Gasteiger partial charge is 0.462 e. The minimum Gasteiger partial charge on any atom is -0.462 e. The van der Waals surface area contributed by atoms with Crippen LogP contribution in [0, 0.1) is 0 Å². The Balaban J connectivity index is 1.67. The summed E-state index contributed by atoms with van der Waals surface area (Å²) in [5.41, 5.74) is 1.90. The number of aryl methyl sites for hydroxylation is 1. The summed E-state index contributed by atoms with van der Waals surface area (Å²) < 4.78 is 10.2. The fraction of sp³-hybridized carbons (Fsp3) is 0.304. The van der Waals surface area contributed by atoms with Crippen molar-refractivity contribution >= 4 is 46.2 Å². The standard InChI is InChI=1S/C23H24N2O6S/c1-3-30-23(29)20-16-10-7-11-18(16)32-21(20)25-19(27)13-31-22(28)17(24-14(2)26)12-15-8-5-4-6-9-15/h4-6,8-9,12H,3,7,10-11,13H2,1-2H3,(H,24,26)(H,25,27)/b17-12-. The number of hydrogen-bond acceptors (Lipinski definition) is 7. The zero-order valence-corrected chi connectivity index (χ0v) is 18.7. The molecular formula is C23H24N2O6S. The van der Waals surface area contributed by atoms with Gasteiger partial charge in [-0.1, -0.05) is 30.3 Å². The first-order valence-electron chi connectivity index (χ1n) is 10.2. The summed E-state index contributed by atoms with van der Waals surface area (Å²) in [5.74, 6) is -2.36. The number of benzene rings is 1. The van der Waals surface area contributed by atoms with E-state index in [-0.39, 0.29) is 12.3 Å². The Kier molecular flexibility index (Phi) is 7.77. The van der Waals surface area contributed by atoms with Crippen molar-refractivity contribution in [1.82, 2.24) is 5.32 Å². The van der Waals surface area contributed by atoms with E-state index in [9.17, 15) is 19.2 Å². The first kappa shape index (κ1) is 23.2. The summed E-state index contributed by atoms with van der Waals surface area (Å²) in [6.07, 6.45) is 4.03. The molecule has 0 spiro atoms. The lowest BCUT2D eigenvalue weighted by molar-refractivity contribution is -0.144. The molecule has 0 saturated heterocycles. The number of nitrogens with one attached hydrogen (secondary N) is 2. The molecule has 3 rings (SSSR count). The van der Waals surface area contributed by atoms with Crippen LogP contribution in [0.15, 0.2) is 36.0 Å². The topological polar surface area (TPSA) is 111 Å². The fourth-order valence-electron chi connectivity index (χ4n) is 3.33. The number of amides is 2. The van der Waals surface area contributed by atoms with Crippen molar-refractivity contribution in [2.24, 2.45) is 0 Å². The minimum absolute atomic E-state index is 0.0844. The Morgan fingerprint density at radius 3 is 2.53 bits per heavy atom. The van der Waals surface area contributed by atoms with Gasteiger partial charge in [0.1, 0.15) is 10.7 Å². The van der Waals surface area contributed by atoms with Crippen molar-refractivity contribution in [3.8, 4) is 0 Å². The SMILES string of the molecule is CCOC(=O)c1c(NC(=O)COC(=O)/C(=C/c2ccccc2)NC(C)=O)sc2c1CCC2. The number of thiophene rings is 1. The van der Waals surface area contributed by atoms with Crippen molar-refractivity contribution in [3.05, 3.63) is 57.6 Å². The molecule has 0 bridgehead atoms. The van der Waals surface area contributed by atoms with Gasteiger partial charge in [-0.15, -0.1) is 11.3 Å². The number of carbonyl (C=O) groups excluding carboxylic acids is 4. The number of fused-ring (bicyclic) bond motifs is 1. The van der Waals surface area contributed by atoms with Crippen LogP contribution in [-0.4, -0.2) is 37.0 Å². The first-order valence-corrected chi connectivity index (χ1v) is 11.0. The third-order valence-electron chi connectivity index (χ3n) is 4.63. The van der Waals surface area contributed by atoms with Gasteiger partial charge in [0.2, 0.25) is 5.91 Å². The molecule has 0 saturated carbocycles. The van der Waals surface area contributed by atoms with Crippen LogP contribution in [-0.2, 0) is 36.7 Å². The highest BCUT2D eigenvalue weighted by Crippen LogP contribution is 2.39. The highest BCUT2D eigenvalue weighted by atomic mass is 32.1. The van der Waals surface area contributed by atoms with E-state index in [1.807, 2.05) is 6.07 Å². The van der Waals surface area contributed by atoms with Gasteiger partial charge >= 0.3 is 11.9 Å². The van der Waals surface area contributed by atoms with Crippen molar-refractivity contribution in [2.75, 3.05) is 18.5 Å².